The number of nitrogens with zero attached hydrogens (tertiary/aromatic N) is 1. The fourth-order valence-electron chi connectivity index (χ4n) is 5.44. The number of fused-ring (bicyclic) bond motifs is 1. The van der Waals surface area contributed by atoms with E-state index in [4.69, 9.17) is 4.99 Å². The number of aliphatic hydroxyl groups is 1. The first-order valence-corrected chi connectivity index (χ1v) is 11.7. The van der Waals surface area contributed by atoms with Gasteiger partial charge in [-0.3, -0.25) is 4.99 Å². The highest BCUT2D eigenvalue weighted by atomic mass is 127. The number of aliphatic imine (C=N–C) groups is 1. The Bertz CT molecular complexity index is 1090. The molecule has 1 heterocycles. The molecule has 154 valence electrons. The van der Waals surface area contributed by atoms with Crippen LogP contribution in [0.2, 0.25) is 0 Å². The fraction of sp³-hybridized carbons (Fsp3) is 0.346. The molecule has 0 amide bonds. The molecule has 2 nitrogen and oxygen atoms in total. The Balaban J connectivity index is 1.40. The van der Waals surface area contributed by atoms with Crippen molar-refractivity contribution in [2.75, 3.05) is 0 Å². The number of hydrogen-bond donors (Lipinski definition) is 1. The first-order valence-electron chi connectivity index (χ1n) is 10.6. The van der Waals surface area contributed by atoms with Gasteiger partial charge in [0.05, 0.1) is 5.60 Å². The summed E-state index contributed by atoms with van der Waals surface area (Å²) in [5.41, 5.74) is 5.13. The van der Waals surface area contributed by atoms with Crippen LogP contribution in [0, 0.1) is 14.8 Å². The molecule has 3 atom stereocenters. The van der Waals surface area contributed by atoms with Crippen LogP contribution in [0.25, 0.3) is 0 Å². The van der Waals surface area contributed by atoms with E-state index in [1.54, 1.807) is 0 Å². The lowest BCUT2D eigenvalue weighted by Crippen LogP contribution is -2.44. The van der Waals surface area contributed by atoms with Crippen molar-refractivity contribution in [1.29, 1.82) is 0 Å². The molecule has 0 aromatic heterocycles. The lowest BCUT2D eigenvalue weighted by molar-refractivity contribution is -0.0459. The highest BCUT2D eigenvalue weighted by Gasteiger charge is 2.55. The average Bonchev–Trinajstić information content (AvgIpc) is 3.24. The van der Waals surface area contributed by atoms with Gasteiger partial charge in [-0.15, -0.1) is 0 Å². The largest absolute Gasteiger partial charge is 0.389 e. The van der Waals surface area contributed by atoms with Crippen LogP contribution in [0.1, 0.15) is 49.8 Å². The molecule has 4 heteroatoms. The van der Waals surface area contributed by atoms with E-state index in [1.807, 2.05) is 18.3 Å². The van der Waals surface area contributed by atoms with E-state index in [2.05, 4.69) is 59.9 Å². The van der Waals surface area contributed by atoms with Gasteiger partial charge < -0.3 is 5.11 Å². The second kappa shape index (κ2) is 7.41. The molecule has 5 rings (SSSR count). The van der Waals surface area contributed by atoms with Gasteiger partial charge >= 0.3 is 0 Å². The lowest BCUT2D eigenvalue weighted by Gasteiger charge is -2.43. The Morgan fingerprint density at radius 2 is 1.93 bits per heavy atom. The van der Waals surface area contributed by atoms with E-state index < -0.39 is 5.60 Å². The molecule has 0 bridgehead atoms. The van der Waals surface area contributed by atoms with Crippen molar-refractivity contribution < 1.29 is 9.50 Å². The first kappa shape index (κ1) is 20.1. The van der Waals surface area contributed by atoms with Crippen molar-refractivity contribution in [1.82, 2.24) is 0 Å². The highest BCUT2D eigenvalue weighted by molar-refractivity contribution is 14.1. The lowest BCUT2D eigenvalue weighted by atomic mass is 9.64. The van der Waals surface area contributed by atoms with Crippen molar-refractivity contribution >= 4 is 28.8 Å². The van der Waals surface area contributed by atoms with Gasteiger partial charge in [0.15, 0.2) is 0 Å². The summed E-state index contributed by atoms with van der Waals surface area (Å²) in [6.07, 6.45) is 8.45. The second-order valence-electron chi connectivity index (χ2n) is 9.01. The third-order valence-corrected chi connectivity index (χ3v) is 8.47. The number of benzene rings is 2. The van der Waals surface area contributed by atoms with Gasteiger partial charge in [0.1, 0.15) is 11.9 Å². The minimum absolute atomic E-state index is 0.0581. The monoisotopic (exact) mass is 513 g/mol. The van der Waals surface area contributed by atoms with Crippen molar-refractivity contribution in [3.63, 3.8) is 0 Å². The predicted octanol–water partition coefficient (Wildman–Crippen LogP) is 6.35. The van der Waals surface area contributed by atoms with Gasteiger partial charge in [-0.1, -0.05) is 48.9 Å². The molecule has 1 N–H and O–H groups in total. The van der Waals surface area contributed by atoms with E-state index in [0.717, 1.165) is 37.7 Å². The molecule has 0 spiro atoms. The van der Waals surface area contributed by atoms with Gasteiger partial charge in [0, 0.05) is 15.2 Å². The fourth-order valence-corrected chi connectivity index (χ4v) is 6.10. The summed E-state index contributed by atoms with van der Waals surface area (Å²) in [7, 11) is 0. The topological polar surface area (TPSA) is 32.6 Å². The van der Waals surface area contributed by atoms with Crippen molar-refractivity contribution in [3.05, 3.63) is 91.8 Å². The van der Waals surface area contributed by atoms with Crippen LogP contribution in [0.4, 0.5) is 4.39 Å². The summed E-state index contributed by atoms with van der Waals surface area (Å²) in [4.78, 5) is 4.74. The van der Waals surface area contributed by atoms with Gasteiger partial charge in [0.2, 0.25) is 0 Å². The average molecular weight is 513 g/mol. The number of rotatable bonds is 4. The van der Waals surface area contributed by atoms with E-state index in [9.17, 15) is 9.50 Å². The standard InChI is InChI=1S/C26H25FINO/c1-25-15-19-16-29-24(18-6-8-21(27)9-7-18)22(19)14-20(25)11-13-26(25,30)12-10-17-4-2-3-5-23(17)28/h2-9,14,16,24,30H,10-13,15H2,1H3/t24?,25?,26-/m0/s1. The molecule has 1 aliphatic heterocycles. The van der Waals surface area contributed by atoms with Crippen LogP contribution in [-0.4, -0.2) is 16.9 Å². The van der Waals surface area contributed by atoms with Gasteiger partial charge in [0.25, 0.3) is 0 Å². The quantitative estimate of drug-likeness (QED) is 0.475. The molecule has 0 radical (unpaired) electrons. The van der Waals surface area contributed by atoms with Crippen LogP contribution in [-0.2, 0) is 6.42 Å². The van der Waals surface area contributed by atoms with Crippen LogP contribution in [0.5, 0.6) is 0 Å². The predicted molar refractivity (Wildman–Crippen MR) is 127 cm³/mol. The molecule has 0 saturated heterocycles. The number of hydrogen-bond acceptors (Lipinski definition) is 2. The zero-order valence-corrected chi connectivity index (χ0v) is 19.2. The molecule has 2 unspecified atom stereocenters. The molecular weight excluding hydrogens is 488 g/mol. The Labute approximate surface area is 190 Å². The number of aryl methyl sites for hydroxylation is 1. The van der Waals surface area contributed by atoms with Crippen molar-refractivity contribution in [2.45, 2.75) is 50.7 Å². The number of halogens is 2. The first-order chi connectivity index (χ1) is 14.4. The van der Waals surface area contributed by atoms with Crippen molar-refractivity contribution in [2.24, 2.45) is 10.4 Å². The van der Waals surface area contributed by atoms with Crippen LogP contribution < -0.4 is 0 Å². The summed E-state index contributed by atoms with van der Waals surface area (Å²) >= 11 is 2.38. The Hall–Kier alpha value is -1.79. The van der Waals surface area contributed by atoms with E-state index in [1.165, 1.54) is 38.0 Å². The highest BCUT2D eigenvalue weighted by Crippen LogP contribution is 2.59. The third kappa shape index (κ3) is 3.19. The maximum atomic E-state index is 13.3. The summed E-state index contributed by atoms with van der Waals surface area (Å²) in [5.74, 6) is -0.224. The minimum Gasteiger partial charge on any atom is -0.389 e. The van der Waals surface area contributed by atoms with Crippen LogP contribution in [0.15, 0.2) is 76.3 Å². The van der Waals surface area contributed by atoms with E-state index in [0.29, 0.717) is 0 Å². The molecule has 1 fully saturated rings. The van der Waals surface area contributed by atoms with Crippen molar-refractivity contribution in [3.8, 4) is 0 Å². The molecule has 2 aromatic carbocycles. The minimum atomic E-state index is -0.710. The molecule has 30 heavy (non-hydrogen) atoms. The summed E-state index contributed by atoms with van der Waals surface area (Å²) < 4.78 is 14.6. The summed E-state index contributed by atoms with van der Waals surface area (Å²) in [5, 5.41) is 11.8. The summed E-state index contributed by atoms with van der Waals surface area (Å²) in [6, 6.07) is 15.0. The Morgan fingerprint density at radius 1 is 1.17 bits per heavy atom. The Morgan fingerprint density at radius 3 is 2.70 bits per heavy atom. The maximum Gasteiger partial charge on any atom is 0.123 e. The van der Waals surface area contributed by atoms with Gasteiger partial charge in [-0.2, -0.15) is 0 Å². The van der Waals surface area contributed by atoms with E-state index in [-0.39, 0.29) is 17.3 Å². The van der Waals surface area contributed by atoms with Crippen LogP contribution in [0.3, 0.4) is 0 Å². The molecule has 3 aliphatic rings. The SMILES string of the molecule is CC12CC3=C(C=C1CC[C@@]2(O)CCc1ccccc1I)C(c1ccc(F)cc1)N=C3. The zero-order valence-electron chi connectivity index (χ0n) is 17.0. The third-order valence-electron chi connectivity index (χ3n) is 7.41. The van der Waals surface area contributed by atoms with E-state index >= 15 is 0 Å². The molecular formula is C26H25FINO. The zero-order chi connectivity index (χ0) is 20.9. The molecule has 1 saturated carbocycles. The number of allylic oxidation sites excluding steroid dienone is 1. The normalized spacial score (nSPS) is 29.7. The maximum absolute atomic E-state index is 13.3. The molecule has 2 aromatic rings. The van der Waals surface area contributed by atoms with Crippen LogP contribution >= 0.6 is 22.6 Å². The van der Waals surface area contributed by atoms with Gasteiger partial charge in [-0.25, -0.2) is 4.39 Å². The summed E-state index contributed by atoms with van der Waals surface area (Å²) in [6.45, 7) is 2.23. The Kier molecular flexibility index (Phi) is 4.98. The molecule has 2 aliphatic carbocycles. The smallest absolute Gasteiger partial charge is 0.123 e. The second-order valence-corrected chi connectivity index (χ2v) is 10.2. The van der Waals surface area contributed by atoms with Gasteiger partial charge in [-0.05, 0) is 95.2 Å².